The minimum atomic E-state index is 0.0164. The number of benzene rings is 1. The SMILES string of the molecule is COCCN(CCC(=O)NCCc1ccccn1)c1nc(Cc2ccc(C)cc2)ns1. The van der Waals surface area contributed by atoms with Crippen molar-refractivity contribution in [3.05, 3.63) is 71.3 Å². The Morgan fingerprint density at radius 3 is 2.74 bits per heavy atom. The van der Waals surface area contributed by atoms with Crippen molar-refractivity contribution in [1.29, 1.82) is 0 Å². The smallest absolute Gasteiger partial charge is 0.221 e. The highest BCUT2D eigenvalue weighted by molar-refractivity contribution is 7.09. The van der Waals surface area contributed by atoms with E-state index in [1.807, 2.05) is 18.2 Å². The Bertz CT molecular complexity index is 931. The number of methoxy groups -OCH3 is 1. The first-order valence-electron chi connectivity index (χ1n) is 10.4. The number of carbonyl (C=O) groups is 1. The number of amides is 1. The average Bonchev–Trinajstić information content (AvgIpc) is 3.24. The van der Waals surface area contributed by atoms with E-state index in [-0.39, 0.29) is 5.91 Å². The minimum absolute atomic E-state index is 0.0164. The summed E-state index contributed by atoms with van der Waals surface area (Å²) in [6, 6.07) is 14.2. The Balaban J connectivity index is 1.50. The van der Waals surface area contributed by atoms with Gasteiger partial charge < -0.3 is 15.0 Å². The van der Waals surface area contributed by atoms with Gasteiger partial charge in [0.05, 0.1) is 6.61 Å². The van der Waals surface area contributed by atoms with E-state index < -0.39 is 0 Å². The lowest BCUT2D eigenvalue weighted by Gasteiger charge is -2.20. The van der Waals surface area contributed by atoms with Gasteiger partial charge in [-0.1, -0.05) is 35.9 Å². The van der Waals surface area contributed by atoms with Gasteiger partial charge in [-0.25, -0.2) is 4.98 Å². The van der Waals surface area contributed by atoms with Crippen molar-refractivity contribution in [1.82, 2.24) is 19.7 Å². The number of nitrogens with zero attached hydrogens (tertiary/aromatic N) is 4. The standard InChI is InChI=1S/C23H29N5O2S/c1-18-6-8-19(9-7-18)17-21-26-23(31-27-21)28(15-16-30-2)14-11-22(29)25-13-10-20-5-3-4-12-24-20/h3-9,12H,10-11,13-17H2,1-2H3,(H,25,29). The molecule has 0 atom stereocenters. The van der Waals surface area contributed by atoms with Gasteiger partial charge in [0, 0.05) is 69.4 Å². The van der Waals surface area contributed by atoms with Crippen molar-refractivity contribution in [2.75, 3.05) is 38.3 Å². The summed E-state index contributed by atoms with van der Waals surface area (Å²) >= 11 is 1.37. The second-order valence-electron chi connectivity index (χ2n) is 7.31. The normalized spacial score (nSPS) is 10.8. The van der Waals surface area contributed by atoms with E-state index in [0.717, 1.165) is 23.1 Å². The van der Waals surface area contributed by atoms with Crippen LogP contribution in [0, 0.1) is 6.92 Å². The van der Waals surface area contributed by atoms with Crippen LogP contribution in [0.1, 0.15) is 29.1 Å². The first-order chi connectivity index (χ1) is 15.1. The largest absolute Gasteiger partial charge is 0.383 e. The number of nitrogens with one attached hydrogen (secondary N) is 1. The summed E-state index contributed by atoms with van der Waals surface area (Å²) in [6.45, 7) is 4.45. The predicted molar refractivity (Wildman–Crippen MR) is 124 cm³/mol. The molecule has 0 unspecified atom stereocenters. The van der Waals surface area contributed by atoms with Gasteiger partial charge >= 0.3 is 0 Å². The number of aryl methyl sites for hydroxylation is 1. The predicted octanol–water partition coefficient (Wildman–Crippen LogP) is 3.03. The van der Waals surface area contributed by atoms with Crippen LogP contribution in [0.25, 0.3) is 0 Å². The molecule has 3 aromatic rings. The fourth-order valence-corrected chi connectivity index (χ4v) is 3.78. The maximum absolute atomic E-state index is 12.3. The summed E-state index contributed by atoms with van der Waals surface area (Å²) in [5.41, 5.74) is 3.39. The van der Waals surface area contributed by atoms with Crippen LogP contribution in [0.2, 0.25) is 0 Å². The third-order valence-corrected chi connectivity index (χ3v) is 5.63. The number of aromatic nitrogens is 3. The summed E-state index contributed by atoms with van der Waals surface area (Å²) in [7, 11) is 1.67. The first kappa shape index (κ1) is 22.8. The maximum atomic E-state index is 12.3. The lowest BCUT2D eigenvalue weighted by Crippen LogP contribution is -2.33. The molecular weight excluding hydrogens is 410 g/mol. The highest BCUT2D eigenvalue weighted by atomic mass is 32.1. The van der Waals surface area contributed by atoms with Gasteiger partial charge in [0.2, 0.25) is 11.0 Å². The molecule has 2 aromatic heterocycles. The molecule has 0 fully saturated rings. The van der Waals surface area contributed by atoms with E-state index >= 15 is 0 Å². The monoisotopic (exact) mass is 439 g/mol. The zero-order valence-corrected chi connectivity index (χ0v) is 18.9. The molecule has 0 bridgehead atoms. The van der Waals surface area contributed by atoms with Gasteiger partial charge in [-0.05, 0) is 24.6 Å². The molecule has 2 heterocycles. The highest BCUT2D eigenvalue weighted by Gasteiger charge is 2.14. The Kier molecular flexibility index (Phi) is 8.93. The molecule has 1 aromatic carbocycles. The van der Waals surface area contributed by atoms with Gasteiger partial charge in [0.1, 0.15) is 5.82 Å². The summed E-state index contributed by atoms with van der Waals surface area (Å²) in [5, 5.41) is 3.79. The lowest BCUT2D eigenvalue weighted by atomic mass is 10.1. The number of hydrogen-bond acceptors (Lipinski definition) is 7. The van der Waals surface area contributed by atoms with E-state index in [2.05, 4.69) is 50.8 Å². The fraction of sp³-hybridized carbons (Fsp3) is 0.391. The van der Waals surface area contributed by atoms with E-state index in [9.17, 15) is 4.79 Å². The molecule has 1 N–H and O–H groups in total. The van der Waals surface area contributed by atoms with Gasteiger partial charge in [0.15, 0.2) is 0 Å². The molecule has 0 aliphatic carbocycles. The molecule has 0 radical (unpaired) electrons. The number of rotatable bonds is 12. The summed E-state index contributed by atoms with van der Waals surface area (Å²) in [4.78, 5) is 23.3. The molecule has 1 amide bonds. The molecule has 0 aliphatic rings. The van der Waals surface area contributed by atoms with Crippen LogP contribution in [-0.2, 0) is 22.4 Å². The van der Waals surface area contributed by atoms with Gasteiger partial charge in [-0.3, -0.25) is 9.78 Å². The van der Waals surface area contributed by atoms with Crippen molar-refractivity contribution < 1.29 is 9.53 Å². The molecule has 0 saturated heterocycles. The van der Waals surface area contributed by atoms with Crippen LogP contribution < -0.4 is 10.2 Å². The van der Waals surface area contributed by atoms with Gasteiger partial charge in [-0.15, -0.1) is 0 Å². The average molecular weight is 440 g/mol. The first-order valence-corrected chi connectivity index (χ1v) is 11.2. The second-order valence-corrected chi connectivity index (χ2v) is 8.04. The van der Waals surface area contributed by atoms with Crippen LogP contribution in [-0.4, -0.2) is 53.6 Å². The Labute approximate surface area is 187 Å². The second kappa shape index (κ2) is 12.1. The summed E-state index contributed by atoms with van der Waals surface area (Å²) in [6.07, 6.45) is 3.57. The lowest BCUT2D eigenvalue weighted by molar-refractivity contribution is -0.120. The molecule has 31 heavy (non-hydrogen) atoms. The Hall–Kier alpha value is -2.84. The zero-order valence-electron chi connectivity index (χ0n) is 18.1. The van der Waals surface area contributed by atoms with Crippen molar-refractivity contribution in [2.24, 2.45) is 0 Å². The zero-order chi connectivity index (χ0) is 21.9. The molecule has 0 saturated carbocycles. The molecule has 3 rings (SSSR count). The van der Waals surface area contributed by atoms with Crippen molar-refractivity contribution in [3.63, 3.8) is 0 Å². The highest BCUT2D eigenvalue weighted by Crippen LogP contribution is 2.19. The number of anilines is 1. The third-order valence-electron chi connectivity index (χ3n) is 4.81. The number of ether oxygens (including phenoxy) is 1. The van der Waals surface area contributed by atoms with E-state index in [0.29, 0.717) is 39.1 Å². The Morgan fingerprint density at radius 1 is 1.16 bits per heavy atom. The van der Waals surface area contributed by atoms with Crippen LogP contribution in [0.5, 0.6) is 0 Å². The molecule has 164 valence electrons. The fourth-order valence-electron chi connectivity index (χ4n) is 3.04. The quantitative estimate of drug-likeness (QED) is 0.467. The maximum Gasteiger partial charge on any atom is 0.221 e. The summed E-state index contributed by atoms with van der Waals surface area (Å²) in [5.74, 6) is 0.814. The number of hydrogen-bond donors (Lipinski definition) is 1. The summed E-state index contributed by atoms with van der Waals surface area (Å²) < 4.78 is 9.75. The van der Waals surface area contributed by atoms with E-state index in [1.165, 1.54) is 22.7 Å². The van der Waals surface area contributed by atoms with Crippen molar-refractivity contribution in [3.8, 4) is 0 Å². The number of pyridine rings is 1. The topological polar surface area (TPSA) is 80.2 Å². The van der Waals surface area contributed by atoms with Gasteiger partial charge in [0.25, 0.3) is 0 Å². The van der Waals surface area contributed by atoms with Crippen molar-refractivity contribution >= 4 is 22.6 Å². The molecule has 0 spiro atoms. The van der Waals surface area contributed by atoms with E-state index in [1.54, 1.807) is 13.3 Å². The minimum Gasteiger partial charge on any atom is -0.383 e. The van der Waals surface area contributed by atoms with Gasteiger partial charge in [-0.2, -0.15) is 4.37 Å². The molecular formula is C23H29N5O2S. The van der Waals surface area contributed by atoms with Crippen molar-refractivity contribution in [2.45, 2.75) is 26.2 Å². The van der Waals surface area contributed by atoms with Crippen LogP contribution in [0.15, 0.2) is 48.7 Å². The third kappa shape index (κ3) is 7.73. The van der Waals surface area contributed by atoms with Crippen LogP contribution in [0.3, 0.4) is 0 Å². The van der Waals surface area contributed by atoms with Crippen LogP contribution in [0.4, 0.5) is 5.13 Å². The Morgan fingerprint density at radius 2 is 2.00 bits per heavy atom. The molecule has 7 nitrogen and oxygen atoms in total. The molecule has 8 heteroatoms. The van der Waals surface area contributed by atoms with Crippen LogP contribution >= 0.6 is 11.5 Å². The molecule has 0 aliphatic heterocycles. The van der Waals surface area contributed by atoms with E-state index in [4.69, 9.17) is 9.72 Å². The number of carbonyl (C=O) groups excluding carboxylic acids is 1.